The second-order valence-corrected chi connectivity index (χ2v) is 6.07. The molecule has 0 bridgehead atoms. The molecule has 0 saturated heterocycles. The van der Waals surface area contributed by atoms with Crippen molar-refractivity contribution < 1.29 is 13.9 Å². The zero-order chi connectivity index (χ0) is 17.5. The summed E-state index contributed by atoms with van der Waals surface area (Å²) in [5, 5.41) is 4.03. The van der Waals surface area contributed by atoms with E-state index in [4.69, 9.17) is 9.15 Å². The van der Waals surface area contributed by atoms with Crippen molar-refractivity contribution in [2.24, 2.45) is 0 Å². The largest absolute Gasteiger partial charge is 0.493 e. The molecule has 0 fully saturated rings. The Morgan fingerprint density at radius 2 is 1.92 bits per heavy atom. The Morgan fingerprint density at radius 1 is 1.12 bits per heavy atom. The van der Waals surface area contributed by atoms with E-state index in [0.29, 0.717) is 32.4 Å². The van der Waals surface area contributed by atoms with Crippen molar-refractivity contribution in [1.29, 1.82) is 0 Å². The fourth-order valence-corrected chi connectivity index (χ4v) is 2.71. The minimum absolute atomic E-state index is 0.0458. The van der Waals surface area contributed by atoms with Crippen LogP contribution >= 0.6 is 0 Å². The highest BCUT2D eigenvalue weighted by atomic mass is 16.5. The van der Waals surface area contributed by atoms with Gasteiger partial charge in [0.25, 0.3) is 0 Å². The summed E-state index contributed by atoms with van der Waals surface area (Å²) in [5.74, 6) is 1.82. The van der Waals surface area contributed by atoms with Crippen molar-refractivity contribution >= 4 is 16.9 Å². The summed E-state index contributed by atoms with van der Waals surface area (Å²) in [5.41, 5.74) is 2.00. The molecule has 1 N–H and O–H groups in total. The molecule has 2 aromatic carbocycles. The molecule has 0 spiro atoms. The number of carbonyl (C=O) groups is 1. The van der Waals surface area contributed by atoms with Crippen LogP contribution in [0.3, 0.4) is 0 Å². The van der Waals surface area contributed by atoms with Gasteiger partial charge in [-0.15, -0.1) is 0 Å². The number of carbonyl (C=O) groups excluding carboxylic acids is 1. The molecule has 4 heteroatoms. The van der Waals surface area contributed by atoms with Crippen LogP contribution in [0, 0.1) is 6.92 Å². The predicted molar refractivity (Wildman–Crippen MR) is 98.8 cm³/mol. The molecule has 0 atom stereocenters. The van der Waals surface area contributed by atoms with Crippen molar-refractivity contribution in [3.63, 3.8) is 0 Å². The first-order chi connectivity index (χ1) is 12.2. The first-order valence-electron chi connectivity index (χ1n) is 8.65. The number of nitrogens with one attached hydrogen (secondary N) is 1. The number of amides is 1. The molecule has 1 aromatic heterocycles. The minimum Gasteiger partial charge on any atom is -0.493 e. The summed E-state index contributed by atoms with van der Waals surface area (Å²) in [4.78, 5) is 11.9. The van der Waals surface area contributed by atoms with Gasteiger partial charge < -0.3 is 14.5 Å². The van der Waals surface area contributed by atoms with E-state index in [1.54, 1.807) is 0 Å². The Morgan fingerprint density at radius 3 is 2.76 bits per heavy atom. The lowest BCUT2D eigenvalue weighted by Gasteiger charge is -2.08. The fourth-order valence-electron chi connectivity index (χ4n) is 2.71. The second kappa shape index (κ2) is 8.38. The lowest BCUT2D eigenvalue weighted by molar-refractivity contribution is -0.121. The highest BCUT2D eigenvalue weighted by Crippen LogP contribution is 2.19. The van der Waals surface area contributed by atoms with Gasteiger partial charge in [0.2, 0.25) is 5.91 Å². The van der Waals surface area contributed by atoms with E-state index in [1.807, 2.05) is 61.5 Å². The van der Waals surface area contributed by atoms with Gasteiger partial charge in [-0.25, -0.2) is 0 Å². The normalized spacial score (nSPS) is 10.8. The number of para-hydroxylation sites is 2. The quantitative estimate of drug-likeness (QED) is 0.625. The third kappa shape index (κ3) is 4.86. The molecule has 3 aromatic rings. The Kier molecular flexibility index (Phi) is 5.73. The predicted octanol–water partition coefficient (Wildman–Crippen LogP) is 4.26. The zero-order valence-electron chi connectivity index (χ0n) is 14.5. The Labute approximate surface area is 147 Å². The van der Waals surface area contributed by atoms with Gasteiger partial charge in [0.05, 0.1) is 6.61 Å². The third-order valence-corrected chi connectivity index (χ3v) is 4.07. The molecular weight excluding hydrogens is 314 g/mol. The van der Waals surface area contributed by atoms with Crippen molar-refractivity contribution in [3.8, 4) is 5.75 Å². The van der Waals surface area contributed by atoms with E-state index in [0.717, 1.165) is 28.0 Å². The van der Waals surface area contributed by atoms with Crippen LogP contribution < -0.4 is 10.1 Å². The van der Waals surface area contributed by atoms with Crippen molar-refractivity contribution in [1.82, 2.24) is 5.32 Å². The van der Waals surface area contributed by atoms with E-state index in [9.17, 15) is 4.79 Å². The number of rotatable bonds is 8. The maximum absolute atomic E-state index is 11.9. The SMILES string of the molecule is Cc1ccccc1OCCCC(=O)NCCc1cc2ccccc2o1. The second-order valence-electron chi connectivity index (χ2n) is 6.07. The van der Waals surface area contributed by atoms with Gasteiger partial charge in [0.15, 0.2) is 0 Å². The molecule has 0 saturated carbocycles. The molecule has 0 unspecified atom stereocenters. The Bertz CT molecular complexity index is 805. The summed E-state index contributed by atoms with van der Waals surface area (Å²) in [6.45, 7) is 3.14. The average molecular weight is 337 g/mol. The van der Waals surface area contributed by atoms with E-state index in [-0.39, 0.29) is 5.91 Å². The van der Waals surface area contributed by atoms with E-state index in [2.05, 4.69) is 5.32 Å². The van der Waals surface area contributed by atoms with Gasteiger partial charge in [0.1, 0.15) is 17.1 Å². The lowest BCUT2D eigenvalue weighted by atomic mass is 10.2. The van der Waals surface area contributed by atoms with Crippen LogP contribution in [0.25, 0.3) is 11.0 Å². The van der Waals surface area contributed by atoms with E-state index in [1.165, 1.54) is 0 Å². The Balaban J connectivity index is 1.33. The molecule has 0 aliphatic heterocycles. The number of furan rings is 1. The van der Waals surface area contributed by atoms with Crippen molar-refractivity contribution in [2.75, 3.05) is 13.2 Å². The minimum atomic E-state index is 0.0458. The van der Waals surface area contributed by atoms with Gasteiger partial charge in [-0.2, -0.15) is 0 Å². The maximum atomic E-state index is 11.9. The lowest BCUT2D eigenvalue weighted by Crippen LogP contribution is -2.25. The summed E-state index contributed by atoms with van der Waals surface area (Å²) in [6, 6.07) is 17.8. The molecule has 130 valence electrons. The van der Waals surface area contributed by atoms with E-state index >= 15 is 0 Å². The standard InChI is InChI=1S/C21H23NO3/c1-16-7-2-4-9-19(16)24-14-6-11-21(23)22-13-12-18-15-17-8-3-5-10-20(17)25-18/h2-5,7-10,15H,6,11-14H2,1H3,(H,22,23). The molecule has 0 radical (unpaired) electrons. The number of benzene rings is 2. The smallest absolute Gasteiger partial charge is 0.220 e. The van der Waals surface area contributed by atoms with Crippen molar-refractivity contribution in [3.05, 3.63) is 65.9 Å². The van der Waals surface area contributed by atoms with Crippen LogP contribution in [0.4, 0.5) is 0 Å². The molecule has 1 heterocycles. The molecular formula is C21H23NO3. The van der Waals surface area contributed by atoms with Gasteiger partial charge in [-0.05, 0) is 37.1 Å². The molecule has 3 rings (SSSR count). The van der Waals surface area contributed by atoms with Crippen LogP contribution in [0.2, 0.25) is 0 Å². The number of aryl methyl sites for hydroxylation is 1. The molecule has 0 aliphatic rings. The molecule has 1 amide bonds. The highest BCUT2D eigenvalue weighted by Gasteiger charge is 2.05. The Hall–Kier alpha value is -2.75. The number of hydrogen-bond donors (Lipinski definition) is 1. The fraction of sp³-hybridized carbons (Fsp3) is 0.286. The number of fused-ring (bicyclic) bond motifs is 1. The summed E-state index contributed by atoms with van der Waals surface area (Å²) in [7, 11) is 0. The molecule has 4 nitrogen and oxygen atoms in total. The summed E-state index contributed by atoms with van der Waals surface area (Å²) >= 11 is 0. The molecule has 0 aliphatic carbocycles. The van der Waals surface area contributed by atoms with Gasteiger partial charge in [0, 0.05) is 24.8 Å². The monoisotopic (exact) mass is 337 g/mol. The van der Waals surface area contributed by atoms with Crippen LogP contribution in [0.5, 0.6) is 5.75 Å². The first kappa shape index (κ1) is 17.1. The molecule has 25 heavy (non-hydrogen) atoms. The third-order valence-electron chi connectivity index (χ3n) is 4.07. The highest BCUT2D eigenvalue weighted by molar-refractivity contribution is 5.78. The number of ether oxygens (including phenoxy) is 1. The van der Waals surface area contributed by atoms with E-state index < -0.39 is 0 Å². The average Bonchev–Trinajstić information content (AvgIpc) is 3.03. The van der Waals surface area contributed by atoms with Gasteiger partial charge >= 0.3 is 0 Å². The number of hydrogen-bond acceptors (Lipinski definition) is 3. The summed E-state index contributed by atoms with van der Waals surface area (Å²) in [6.07, 6.45) is 1.86. The van der Waals surface area contributed by atoms with Gasteiger partial charge in [-0.3, -0.25) is 4.79 Å². The van der Waals surface area contributed by atoms with Crippen LogP contribution in [-0.2, 0) is 11.2 Å². The van der Waals surface area contributed by atoms with Gasteiger partial charge in [-0.1, -0.05) is 36.4 Å². The van der Waals surface area contributed by atoms with Crippen molar-refractivity contribution in [2.45, 2.75) is 26.2 Å². The first-order valence-corrected chi connectivity index (χ1v) is 8.65. The maximum Gasteiger partial charge on any atom is 0.220 e. The topological polar surface area (TPSA) is 51.5 Å². The zero-order valence-corrected chi connectivity index (χ0v) is 14.5. The van der Waals surface area contributed by atoms with Crippen LogP contribution in [0.15, 0.2) is 59.0 Å². The van der Waals surface area contributed by atoms with Crippen LogP contribution in [-0.4, -0.2) is 19.1 Å². The van der Waals surface area contributed by atoms with Crippen LogP contribution in [0.1, 0.15) is 24.2 Å². The summed E-state index contributed by atoms with van der Waals surface area (Å²) < 4.78 is 11.4.